The number of nitrogens with zero attached hydrogens (tertiary/aromatic N) is 2. The van der Waals surface area contributed by atoms with Crippen molar-refractivity contribution in [1.82, 2.24) is 5.32 Å². The van der Waals surface area contributed by atoms with E-state index in [1.165, 1.54) is 0 Å². The Hall–Kier alpha value is -1.80. The molecule has 22 heavy (non-hydrogen) atoms. The van der Waals surface area contributed by atoms with Crippen molar-refractivity contribution in [2.75, 3.05) is 43.0 Å². The van der Waals surface area contributed by atoms with Gasteiger partial charge in [0.15, 0.2) is 6.04 Å². The molecule has 1 aromatic carbocycles. The second-order valence-corrected chi connectivity index (χ2v) is 6.04. The van der Waals surface area contributed by atoms with Gasteiger partial charge in [-0.2, -0.15) is 0 Å². The van der Waals surface area contributed by atoms with Crippen molar-refractivity contribution in [1.29, 1.82) is 0 Å². The Kier molecular flexibility index (Phi) is 4.49. The summed E-state index contributed by atoms with van der Waals surface area (Å²) < 4.78 is 5.84. The molecule has 2 aliphatic heterocycles. The van der Waals surface area contributed by atoms with Gasteiger partial charge >= 0.3 is 0 Å². The number of amidine groups is 1. The number of carbonyl (C=O) groups is 1. The maximum atomic E-state index is 12.2. The van der Waals surface area contributed by atoms with Gasteiger partial charge in [0.05, 0.1) is 5.69 Å². The molecule has 0 saturated carbocycles. The van der Waals surface area contributed by atoms with Gasteiger partial charge in [-0.15, -0.1) is 0 Å². The number of amides is 1. The Morgan fingerprint density at radius 2 is 2.23 bits per heavy atom. The van der Waals surface area contributed by atoms with E-state index in [-0.39, 0.29) is 18.5 Å². The van der Waals surface area contributed by atoms with Gasteiger partial charge in [0.25, 0.3) is 11.9 Å². The zero-order chi connectivity index (χ0) is 15.5. The van der Waals surface area contributed by atoms with Crippen molar-refractivity contribution in [3.05, 3.63) is 22.7 Å². The summed E-state index contributed by atoms with van der Waals surface area (Å²) >= 11 is 3.47. The van der Waals surface area contributed by atoms with Gasteiger partial charge in [-0.25, -0.2) is 4.99 Å². The molecule has 1 saturated heterocycles. The van der Waals surface area contributed by atoms with Crippen molar-refractivity contribution in [3.8, 4) is 0 Å². The minimum Gasteiger partial charge on any atom is -0.463 e. The lowest BCUT2D eigenvalue weighted by atomic mass is 10.2. The molecule has 1 fully saturated rings. The van der Waals surface area contributed by atoms with E-state index >= 15 is 0 Å². The van der Waals surface area contributed by atoms with Crippen LogP contribution < -0.4 is 21.3 Å². The Labute approximate surface area is 137 Å². The van der Waals surface area contributed by atoms with Crippen molar-refractivity contribution in [2.24, 2.45) is 10.7 Å². The fourth-order valence-electron chi connectivity index (χ4n) is 2.47. The lowest BCUT2D eigenvalue weighted by Crippen LogP contribution is -2.43. The first-order valence-electron chi connectivity index (χ1n) is 7.15. The number of anilines is 2. The molecule has 7 nitrogen and oxygen atoms in total. The first kappa shape index (κ1) is 15.1. The molecule has 0 bridgehead atoms. The molecule has 1 aromatic rings. The Balaban J connectivity index is 1.73. The monoisotopic (exact) mass is 367 g/mol. The summed E-state index contributed by atoms with van der Waals surface area (Å²) in [6.07, 6.45) is 0. The van der Waals surface area contributed by atoms with Crippen molar-refractivity contribution in [3.63, 3.8) is 0 Å². The summed E-state index contributed by atoms with van der Waals surface area (Å²) in [5.41, 5.74) is 7.25. The highest BCUT2D eigenvalue weighted by Gasteiger charge is 2.25. The zero-order valence-corrected chi connectivity index (χ0v) is 13.6. The lowest BCUT2D eigenvalue weighted by molar-refractivity contribution is -0.117. The first-order chi connectivity index (χ1) is 10.6. The van der Waals surface area contributed by atoms with E-state index in [2.05, 4.69) is 36.5 Å². The second kappa shape index (κ2) is 6.53. The van der Waals surface area contributed by atoms with Crippen LogP contribution in [0.2, 0.25) is 0 Å². The number of nitrogens with one attached hydrogen (secondary N) is 2. The number of carbonyl (C=O) groups excluding carboxylic acids is 1. The molecule has 8 heteroatoms. The fourth-order valence-corrected chi connectivity index (χ4v) is 2.82. The van der Waals surface area contributed by atoms with E-state index in [0.717, 1.165) is 42.0 Å². The third-order valence-corrected chi connectivity index (χ3v) is 4.36. The summed E-state index contributed by atoms with van der Waals surface area (Å²) in [7, 11) is 0. The van der Waals surface area contributed by atoms with Crippen molar-refractivity contribution in [2.45, 2.75) is 6.04 Å². The van der Waals surface area contributed by atoms with Crippen LogP contribution in [0.1, 0.15) is 0 Å². The predicted octanol–water partition coefficient (Wildman–Crippen LogP) is 0.511. The van der Waals surface area contributed by atoms with Crippen LogP contribution in [0.4, 0.5) is 11.4 Å². The van der Waals surface area contributed by atoms with Crippen molar-refractivity contribution >= 4 is 39.2 Å². The number of hydrogen-bond acceptors (Lipinski definition) is 6. The summed E-state index contributed by atoms with van der Waals surface area (Å²) in [5, 5.41) is 6.20. The molecule has 1 amide bonds. The van der Waals surface area contributed by atoms with E-state index < -0.39 is 6.04 Å². The van der Waals surface area contributed by atoms with Gasteiger partial charge in [-0.05, 0) is 34.1 Å². The van der Waals surface area contributed by atoms with Gasteiger partial charge in [0, 0.05) is 36.3 Å². The van der Waals surface area contributed by atoms with E-state index in [4.69, 9.17) is 10.5 Å². The summed E-state index contributed by atoms with van der Waals surface area (Å²) in [4.78, 5) is 18.4. The maximum absolute atomic E-state index is 12.2. The van der Waals surface area contributed by atoms with Crippen LogP contribution in [0.15, 0.2) is 27.7 Å². The van der Waals surface area contributed by atoms with E-state index in [9.17, 15) is 4.79 Å². The van der Waals surface area contributed by atoms with Crippen molar-refractivity contribution < 1.29 is 9.53 Å². The average molecular weight is 368 g/mol. The molecule has 2 heterocycles. The summed E-state index contributed by atoms with van der Waals surface area (Å²) in [5.74, 6) is -0.224. The average Bonchev–Trinajstić information content (AvgIpc) is 2.97. The molecule has 0 radical (unpaired) electrons. The van der Waals surface area contributed by atoms with Gasteiger partial charge in [-0.1, -0.05) is 0 Å². The number of aliphatic imine (C=N–C) groups is 1. The first-order valence-corrected chi connectivity index (χ1v) is 7.95. The highest BCUT2D eigenvalue weighted by atomic mass is 79.9. The Bertz CT molecular complexity index is 601. The molecular formula is C14H18BrN5O2. The van der Waals surface area contributed by atoms with Gasteiger partial charge < -0.3 is 26.0 Å². The molecule has 2 aliphatic rings. The van der Waals surface area contributed by atoms with Crippen LogP contribution >= 0.6 is 15.9 Å². The third-order valence-electron chi connectivity index (χ3n) is 3.66. The van der Waals surface area contributed by atoms with Crippen LogP contribution in [0.3, 0.4) is 0 Å². The highest BCUT2D eigenvalue weighted by Crippen LogP contribution is 2.28. The summed E-state index contributed by atoms with van der Waals surface area (Å²) in [6.45, 7) is 4.02. The molecule has 3 rings (SSSR count). The van der Waals surface area contributed by atoms with E-state index in [1.54, 1.807) is 0 Å². The molecule has 0 aliphatic carbocycles. The smallest absolute Gasteiger partial charge is 0.282 e. The lowest BCUT2D eigenvalue weighted by Gasteiger charge is -2.30. The maximum Gasteiger partial charge on any atom is 0.282 e. The molecule has 118 valence electrons. The number of rotatable bonds is 3. The van der Waals surface area contributed by atoms with Crippen LogP contribution in [0.25, 0.3) is 0 Å². The molecule has 1 unspecified atom stereocenters. The number of benzene rings is 1. The summed E-state index contributed by atoms with van der Waals surface area (Å²) in [6, 6.07) is 5.43. The standard InChI is InChI=1S/C14H18BrN5O2/c15-10-2-1-9(20-5-3-17-4-6-20)7-11(10)18-13(21)12-8-22-14(16)19-12/h1-2,7,12,17H,3-6,8H2,(H2,16,19)(H,18,21). The molecule has 0 spiro atoms. The number of ether oxygens (including phenoxy) is 1. The molecule has 4 N–H and O–H groups in total. The quantitative estimate of drug-likeness (QED) is 0.723. The Morgan fingerprint density at radius 1 is 1.45 bits per heavy atom. The van der Waals surface area contributed by atoms with Crippen LogP contribution in [-0.4, -0.2) is 50.8 Å². The normalized spacial score (nSPS) is 21.2. The number of piperazine rings is 1. The van der Waals surface area contributed by atoms with E-state index in [1.807, 2.05) is 18.2 Å². The minimum atomic E-state index is -0.588. The number of hydrogen-bond donors (Lipinski definition) is 3. The van der Waals surface area contributed by atoms with Crippen LogP contribution in [0, 0.1) is 0 Å². The zero-order valence-electron chi connectivity index (χ0n) is 12.0. The van der Waals surface area contributed by atoms with E-state index in [0.29, 0.717) is 0 Å². The van der Waals surface area contributed by atoms with Crippen LogP contribution in [0.5, 0.6) is 0 Å². The number of nitrogens with two attached hydrogens (primary N) is 1. The topological polar surface area (TPSA) is 92.0 Å². The largest absolute Gasteiger partial charge is 0.463 e. The molecular weight excluding hydrogens is 350 g/mol. The highest BCUT2D eigenvalue weighted by molar-refractivity contribution is 9.10. The number of halogens is 1. The minimum absolute atomic E-state index is 0.0637. The SMILES string of the molecule is NC1=NC(C(=O)Nc2cc(N3CCNCC3)ccc2Br)CO1. The van der Waals surface area contributed by atoms with Crippen LogP contribution in [-0.2, 0) is 9.53 Å². The third kappa shape index (κ3) is 3.33. The molecule has 0 aromatic heterocycles. The molecule has 1 atom stereocenters. The fraction of sp³-hybridized carbons (Fsp3) is 0.429. The van der Waals surface area contributed by atoms with Gasteiger partial charge in [-0.3, -0.25) is 4.79 Å². The van der Waals surface area contributed by atoms with Gasteiger partial charge in [0.1, 0.15) is 6.61 Å². The Morgan fingerprint density at radius 3 is 2.91 bits per heavy atom. The second-order valence-electron chi connectivity index (χ2n) is 5.18. The van der Waals surface area contributed by atoms with Gasteiger partial charge in [0.2, 0.25) is 0 Å². The predicted molar refractivity (Wildman–Crippen MR) is 89.2 cm³/mol.